The molecule has 202 valence electrons. The molecule has 0 aliphatic rings. The van der Waals surface area contributed by atoms with E-state index in [1.807, 2.05) is 27.7 Å². The fourth-order valence-electron chi connectivity index (χ4n) is 3.80. The highest BCUT2D eigenvalue weighted by molar-refractivity contribution is 7.92. The SMILES string of the molecule is Cc1ccc(N(CC(=O)N(Cc2ccc(Cl)cc2)[C@@H](C)C(=O)NC(C)(C)C)S(=O)(=O)c2ccccc2)cc1. The minimum Gasteiger partial charge on any atom is -0.350 e. The molecule has 0 heterocycles. The average molecular weight is 556 g/mol. The van der Waals surface area contributed by atoms with Gasteiger partial charge in [-0.1, -0.05) is 59.6 Å². The lowest BCUT2D eigenvalue weighted by molar-refractivity contribution is -0.140. The lowest BCUT2D eigenvalue weighted by atomic mass is 10.1. The zero-order valence-corrected chi connectivity index (χ0v) is 23.9. The van der Waals surface area contributed by atoms with Gasteiger partial charge in [-0.15, -0.1) is 0 Å². The molecule has 0 fully saturated rings. The third-order valence-electron chi connectivity index (χ3n) is 5.86. The maximum Gasteiger partial charge on any atom is 0.264 e. The molecule has 0 saturated heterocycles. The predicted molar refractivity (Wildman–Crippen MR) is 152 cm³/mol. The maximum absolute atomic E-state index is 13.9. The van der Waals surface area contributed by atoms with Crippen molar-refractivity contribution < 1.29 is 18.0 Å². The van der Waals surface area contributed by atoms with Crippen LogP contribution in [0.3, 0.4) is 0 Å². The molecule has 1 atom stereocenters. The van der Waals surface area contributed by atoms with E-state index in [0.717, 1.165) is 15.4 Å². The molecule has 3 aromatic rings. The van der Waals surface area contributed by atoms with Gasteiger partial charge in [0.1, 0.15) is 12.6 Å². The van der Waals surface area contributed by atoms with Gasteiger partial charge in [0.25, 0.3) is 10.0 Å². The second-order valence-electron chi connectivity index (χ2n) is 10.2. The summed E-state index contributed by atoms with van der Waals surface area (Å²) < 4.78 is 28.5. The molecule has 0 unspecified atom stereocenters. The fraction of sp³-hybridized carbons (Fsp3) is 0.310. The maximum atomic E-state index is 13.9. The van der Waals surface area contributed by atoms with Gasteiger partial charge in [-0.05, 0) is 76.6 Å². The van der Waals surface area contributed by atoms with Crippen LogP contribution in [-0.4, -0.2) is 43.3 Å². The number of hydrogen-bond acceptors (Lipinski definition) is 4. The monoisotopic (exact) mass is 555 g/mol. The Kier molecular flexibility index (Phi) is 9.22. The number of carbonyl (C=O) groups is 2. The minimum absolute atomic E-state index is 0.0659. The summed E-state index contributed by atoms with van der Waals surface area (Å²) in [5.74, 6) is -0.857. The number of hydrogen-bond donors (Lipinski definition) is 1. The van der Waals surface area contributed by atoms with Crippen LogP contribution in [0.25, 0.3) is 0 Å². The number of halogens is 1. The van der Waals surface area contributed by atoms with Crippen LogP contribution in [0.1, 0.15) is 38.8 Å². The van der Waals surface area contributed by atoms with Crippen molar-refractivity contribution in [2.45, 2.75) is 57.6 Å². The Morgan fingerprint density at radius 2 is 1.50 bits per heavy atom. The zero-order valence-electron chi connectivity index (χ0n) is 22.3. The molecular weight excluding hydrogens is 522 g/mol. The quantitative estimate of drug-likeness (QED) is 0.394. The number of carbonyl (C=O) groups excluding carboxylic acids is 2. The van der Waals surface area contributed by atoms with Crippen LogP contribution in [0.15, 0.2) is 83.8 Å². The average Bonchev–Trinajstić information content (AvgIpc) is 2.86. The topological polar surface area (TPSA) is 86.8 Å². The molecule has 2 amide bonds. The van der Waals surface area contributed by atoms with Crippen LogP contribution in [0, 0.1) is 6.92 Å². The molecule has 0 radical (unpaired) electrons. The molecule has 0 saturated carbocycles. The highest BCUT2D eigenvalue weighted by atomic mass is 35.5. The molecule has 0 aromatic heterocycles. The summed E-state index contributed by atoms with van der Waals surface area (Å²) in [6.07, 6.45) is 0. The predicted octanol–water partition coefficient (Wildman–Crippen LogP) is 5.18. The van der Waals surface area contributed by atoms with Crippen LogP contribution < -0.4 is 9.62 Å². The Hall–Kier alpha value is -3.36. The van der Waals surface area contributed by atoms with Gasteiger partial charge in [-0.3, -0.25) is 13.9 Å². The number of anilines is 1. The lowest BCUT2D eigenvalue weighted by Crippen LogP contribution is -2.54. The van der Waals surface area contributed by atoms with Crippen LogP contribution in [-0.2, 0) is 26.2 Å². The first-order valence-electron chi connectivity index (χ1n) is 12.3. The van der Waals surface area contributed by atoms with Crippen molar-refractivity contribution in [2.75, 3.05) is 10.8 Å². The molecule has 0 bridgehead atoms. The summed E-state index contributed by atoms with van der Waals surface area (Å²) in [5.41, 5.74) is 1.55. The molecular formula is C29H34ClN3O4S. The number of nitrogens with one attached hydrogen (secondary N) is 1. The number of rotatable bonds is 9. The number of sulfonamides is 1. The molecule has 3 rings (SSSR count). The number of amides is 2. The molecule has 0 aliphatic carbocycles. The van der Waals surface area contributed by atoms with Gasteiger partial charge in [0.2, 0.25) is 11.8 Å². The van der Waals surface area contributed by atoms with E-state index in [1.54, 1.807) is 73.7 Å². The van der Waals surface area contributed by atoms with E-state index in [-0.39, 0.29) is 17.3 Å². The van der Waals surface area contributed by atoms with E-state index in [0.29, 0.717) is 10.7 Å². The molecule has 7 nitrogen and oxygen atoms in total. The first kappa shape index (κ1) is 29.2. The molecule has 0 aliphatic heterocycles. The smallest absolute Gasteiger partial charge is 0.264 e. The zero-order chi connectivity index (χ0) is 28.1. The van der Waals surface area contributed by atoms with Crippen molar-refractivity contribution in [3.8, 4) is 0 Å². The summed E-state index contributed by atoms with van der Waals surface area (Å²) in [5, 5.41) is 3.46. The van der Waals surface area contributed by atoms with Crippen molar-refractivity contribution in [2.24, 2.45) is 0 Å². The Labute approximate surface area is 230 Å². The van der Waals surface area contributed by atoms with Crippen molar-refractivity contribution in [3.05, 3.63) is 95.0 Å². The Morgan fingerprint density at radius 3 is 2.05 bits per heavy atom. The Bertz CT molecular complexity index is 1350. The van der Waals surface area contributed by atoms with E-state index in [4.69, 9.17) is 11.6 Å². The van der Waals surface area contributed by atoms with E-state index >= 15 is 0 Å². The van der Waals surface area contributed by atoms with Gasteiger partial charge in [0, 0.05) is 17.1 Å². The van der Waals surface area contributed by atoms with E-state index in [2.05, 4.69) is 5.32 Å². The van der Waals surface area contributed by atoms with Crippen LogP contribution in [0.2, 0.25) is 5.02 Å². The van der Waals surface area contributed by atoms with Gasteiger partial charge in [-0.2, -0.15) is 0 Å². The van der Waals surface area contributed by atoms with E-state index in [9.17, 15) is 18.0 Å². The second-order valence-corrected chi connectivity index (χ2v) is 12.5. The highest BCUT2D eigenvalue weighted by Gasteiger charge is 2.33. The van der Waals surface area contributed by atoms with E-state index < -0.39 is 34.1 Å². The van der Waals surface area contributed by atoms with Gasteiger partial charge in [0.15, 0.2) is 0 Å². The van der Waals surface area contributed by atoms with Crippen LogP contribution in [0.4, 0.5) is 5.69 Å². The largest absolute Gasteiger partial charge is 0.350 e. The molecule has 9 heteroatoms. The molecule has 38 heavy (non-hydrogen) atoms. The van der Waals surface area contributed by atoms with Gasteiger partial charge < -0.3 is 10.2 Å². The van der Waals surface area contributed by atoms with Gasteiger partial charge in [-0.25, -0.2) is 8.42 Å². The van der Waals surface area contributed by atoms with Gasteiger partial charge >= 0.3 is 0 Å². The van der Waals surface area contributed by atoms with E-state index in [1.165, 1.54) is 17.0 Å². The first-order chi connectivity index (χ1) is 17.8. The summed E-state index contributed by atoms with van der Waals surface area (Å²) in [6, 6.07) is 21.0. The normalized spacial score (nSPS) is 12.5. The highest BCUT2D eigenvalue weighted by Crippen LogP contribution is 2.25. The second kappa shape index (κ2) is 12.0. The Balaban J connectivity index is 2.01. The third kappa shape index (κ3) is 7.58. The van der Waals surface area contributed by atoms with Crippen molar-refractivity contribution in [1.82, 2.24) is 10.2 Å². The summed E-state index contributed by atoms with van der Waals surface area (Å²) >= 11 is 6.03. The van der Waals surface area contributed by atoms with Crippen molar-refractivity contribution >= 4 is 39.1 Å². The minimum atomic E-state index is -4.08. The summed E-state index contributed by atoms with van der Waals surface area (Å²) in [7, 11) is -4.08. The number of aryl methyl sites for hydroxylation is 1. The summed E-state index contributed by atoms with van der Waals surface area (Å²) in [4.78, 5) is 28.4. The third-order valence-corrected chi connectivity index (χ3v) is 7.90. The van der Waals surface area contributed by atoms with Gasteiger partial charge in [0.05, 0.1) is 10.6 Å². The first-order valence-corrected chi connectivity index (χ1v) is 14.1. The number of nitrogens with zero attached hydrogens (tertiary/aromatic N) is 2. The van der Waals surface area contributed by atoms with Crippen molar-refractivity contribution in [1.29, 1.82) is 0 Å². The molecule has 3 aromatic carbocycles. The van der Waals surface area contributed by atoms with Crippen LogP contribution >= 0.6 is 11.6 Å². The van der Waals surface area contributed by atoms with Crippen molar-refractivity contribution in [3.63, 3.8) is 0 Å². The standard InChI is InChI=1S/C29H34ClN3O4S/c1-21-11-17-25(18-12-21)33(38(36,37)26-9-7-6-8-10-26)20-27(34)32(19-23-13-15-24(30)16-14-23)22(2)28(35)31-29(3,4)5/h6-18,22H,19-20H2,1-5H3,(H,31,35)/t22-/m0/s1. The molecule has 0 spiro atoms. The lowest BCUT2D eigenvalue weighted by Gasteiger charge is -2.33. The Morgan fingerprint density at radius 1 is 0.921 bits per heavy atom. The summed E-state index contributed by atoms with van der Waals surface area (Å²) in [6.45, 7) is 8.71. The molecule has 1 N–H and O–H groups in total. The van der Waals surface area contributed by atoms with Crippen LogP contribution in [0.5, 0.6) is 0 Å². The number of benzene rings is 3. The fourth-order valence-corrected chi connectivity index (χ4v) is 5.36.